The Balaban J connectivity index is 1.89. The molecule has 1 unspecified atom stereocenters. The van der Waals surface area contributed by atoms with E-state index < -0.39 is 0 Å². The van der Waals surface area contributed by atoms with E-state index in [-0.39, 0.29) is 6.61 Å². The molecule has 3 heteroatoms. The van der Waals surface area contributed by atoms with Crippen molar-refractivity contribution >= 4 is 6.21 Å². The van der Waals surface area contributed by atoms with E-state index in [1.807, 2.05) is 6.21 Å². The topological polar surface area (TPSA) is 35.8 Å². The van der Waals surface area contributed by atoms with Crippen molar-refractivity contribution in [1.29, 1.82) is 0 Å². The van der Waals surface area contributed by atoms with Crippen LogP contribution in [0.1, 0.15) is 64.7 Å². The van der Waals surface area contributed by atoms with Crippen LogP contribution in [0.2, 0.25) is 0 Å². The zero-order valence-electron chi connectivity index (χ0n) is 13.1. The number of aliphatic imine (C=N–C) groups is 1. The lowest BCUT2D eigenvalue weighted by Gasteiger charge is -2.21. The molecular formula is C17H32N2O. The van der Waals surface area contributed by atoms with E-state index >= 15 is 0 Å². The van der Waals surface area contributed by atoms with Crippen molar-refractivity contribution in [2.45, 2.75) is 70.9 Å². The van der Waals surface area contributed by atoms with Gasteiger partial charge in [0.05, 0.1) is 6.61 Å². The zero-order chi connectivity index (χ0) is 14.5. The lowest BCUT2D eigenvalue weighted by Crippen LogP contribution is -2.32. The molecule has 116 valence electrons. The second kappa shape index (κ2) is 12.1. The van der Waals surface area contributed by atoms with Gasteiger partial charge in [-0.3, -0.25) is 9.89 Å². The van der Waals surface area contributed by atoms with Crippen LogP contribution in [0.25, 0.3) is 0 Å². The van der Waals surface area contributed by atoms with Gasteiger partial charge in [-0.1, -0.05) is 44.8 Å². The minimum absolute atomic E-state index is 0.242. The molecule has 0 aliphatic carbocycles. The number of rotatable bonds is 12. The molecule has 3 nitrogen and oxygen atoms in total. The average molecular weight is 280 g/mol. The Morgan fingerprint density at radius 2 is 1.90 bits per heavy atom. The van der Waals surface area contributed by atoms with Crippen LogP contribution in [0.4, 0.5) is 0 Å². The number of hydrogen-bond donors (Lipinski definition) is 1. The van der Waals surface area contributed by atoms with E-state index in [0.29, 0.717) is 6.17 Å². The predicted molar refractivity (Wildman–Crippen MR) is 87.3 cm³/mol. The summed E-state index contributed by atoms with van der Waals surface area (Å²) in [5.74, 6) is 0. The Morgan fingerprint density at radius 1 is 1.15 bits per heavy atom. The van der Waals surface area contributed by atoms with Crippen LogP contribution < -0.4 is 0 Å². The summed E-state index contributed by atoms with van der Waals surface area (Å²) in [6, 6.07) is 0. The van der Waals surface area contributed by atoms with E-state index in [2.05, 4.69) is 29.0 Å². The molecule has 1 N–H and O–H groups in total. The summed E-state index contributed by atoms with van der Waals surface area (Å²) < 4.78 is 0. The lowest BCUT2D eigenvalue weighted by atomic mass is 10.1. The molecule has 1 aliphatic rings. The van der Waals surface area contributed by atoms with E-state index in [9.17, 15) is 0 Å². The quantitative estimate of drug-likeness (QED) is 0.436. The summed E-state index contributed by atoms with van der Waals surface area (Å²) in [6.07, 6.45) is 18.5. The van der Waals surface area contributed by atoms with Crippen molar-refractivity contribution in [3.63, 3.8) is 0 Å². The predicted octanol–water partition coefficient (Wildman–Crippen LogP) is 3.78. The maximum absolute atomic E-state index is 8.99. The molecule has 1 heterocycles. The first-order chi connectivity index (χ1) is 9.88. The van der Waals surface area contributed by atoms with Crippen LogP contribution in [-0.4, -0.2) is 42.1 Å². The third-order valence-electron chi connectivity index (χ3n) is 3.89. The molecule has 0 spiro atoms. The second-order valence-corrected chi connectivity index (χ2v) is 5.61. The first-order valence-electron chi connectivity index (χ1n) is 8.40. The van der Waals surface area contributed by atoms with Crippen molar-refractivity contribution in [2.24, 2.45) is 4.99 Å². The first kappa shape index (κ1) is 17.4. The molecule has 1 aliphatic heterocycles. The van der Waals surface area contributed by atoms with Gasteiger partial charge in [-0.25, -0.2) is 0 Å². The molecule has 0 saturated carbocycles. The normalized spacial score (nSPS) is 19.4. The lowest BCUT2D eigenvalue weighted by molar-refractivity contribution is 0.176. The summed E-state index contributed by atoms with van der Waals surface area (Å²) in [5.41, 5.74) is 0. The highest BCUT2D eigenvalue weighted by Gasteiger charge is 2.19. The fourth-order valence-electron chi connectivity index (χ4n) is 2.70. The Bertz CT molecular complexity index is 276. The summed E-state index contributed by atoms with van der Waals surface area (Å²) in [4.78, 5) is 6.76. The molecule has 0 aromatic carbocycles. The van der Waals surface area contributed by atoms with Crippen molar-refractivity contribution in [2.75, 3.05) is 19.7 Å². The molecule has 0 radical (unpaired) electrons. The van der Waals surface area contributed by atoms with Crippen LogP contribution in [0.5, 0.6) is 0 Å². The Labute approximate surface area is 124 Å². The second-order valence-electron chi connectivity index (χ2n) is 5.61. The van der Waals surface area contributed by atoms with Gasteiger partial charge in [0, 0.05) is 19.3 Å². The molecule has 0 amide bonds. The minimum atomic E-state index is 0.242. The fraction of sp³-hybridized carbons (Fsp3) is 0.824. The van der Waals surface area contributed by atoms with Crippen LogP contribution in [-0.2, 0) is 0 Å². The SMILES string of the molecule is CC/C=C/CCCCCCCCC1N=CCN1CCO. The third kappa shape index (κ3) is 7.81. The van der Waals surface area contributed by atoms with Gasteiger partial charge in [-0.05, 0) is 32.1 Å². The van der Waals surface area contributed by atoms with Crippen LogP contribution in [0, 0.1) is 0 Å². The zero-order valence-corrected chi connectivity index (χ0v) is 13.1. The third-order valence-corrected chi connectivity index (χ3v) is 3.89. The highest BCUT2D eigenvalue weighted by molar-refractivity contribution is 5.62. The van der Waals surface area contributed by atoms with E-state index in [1.165, 1.54) is 44.9 Å². The number of aliphatic hydroxyl groups is 1. The summed E-state index contributed by atoms with van der Waals surface area (Å²) in [7, 11) is 0. The Kier molecular flexibility index (Phi) is 10.5. The van der Waals surface area contributed by atoms with Crippen molar-refractivity contribution in [1.82, 2.24) is 4.90 Å². The number of unbranched alkanes of at least 4 members (excludes halogenated alkanes) is 6. The Morgan fingerprint density at radius 3 is 2.65 bits per heavy atom. The highest BCUT2D eigenvalue weighted by Crippen LogP contribution is 2.15. The van der Waals surface area contributed by atoms with Gasteiger partial charge >= 0.3 is 0 Å². The molecule has 20 heavy (non-hydrogen) atoms. The molecule has 1 atom stereocenters. The maximum Gasteiger partial charge on any atom is 0.102 e. The van der Waals surface area contributed by atoms with Crippen molar-refractivity contribution < 1.29 is 5.11 Å². The highest BCUT2D eigenvalue weighted by atomic mass is 16.3. The van der Waals surface area contributed by atoms with Gasteiger partial charge in [0.2, 0.25) is 0 Å². The van der Waals surface area contributed by atoms with Crippen molar-refractivity contribution in [3.8, 4) is 0 Å². The van der Waals surface area contributed by atoms with Crippen LogP contribution in [0.3, 0.4) is 0 Å². The molecular weight excluding hydrogens is 248 g/mol. The minimum Gasteiger partial charge on any atom is -0.395 e. The monoisotopic (exact) mass is 280 g/mol. The van der Waals surface area contributed by atoms with Gasteiger partial charge < -0.3 is 5.11 Å². The number of hydrogen-bond acceptors (Lipinski definition) is 3. The largest absolute Gasteiger partial charge is 0.395 e. The fourth-order valence-corrected chi connectivity index (χ4v) is 2.70. The summed E-state index contributed by atoms with van der Waals surface area (Å²) in [5, 5.41) is 8.99. The number of nitrogens with zero attached hydrogens (tertiary/aromatic N) is 2. The molecule has 0 aromatic heterocycles. The van der Waals surface area contributed by atoms with Crippen molar-refractivity contribution in [3.05, 3.63) is 12.2 Å². The van der Waals surface area contributed by atoms with Crippen LogP contribution >= 0.6 is 0 Å². The van der Waals surface area contributed by atoms with Gasteiger partial charge in [0.15, 0.2) is 0 Å². The molecule has 0 aromatic rings. The van der Waals surface area contributed by atoms with Gasteiger partial charge in [0.25, 0.3) is 0 Å². The van der Waals surface area contributed by atoms with Gasteiger partial charge in [-0.2, -0.15) is 0 Å². The Hall–Kier alpha value is -0.670. The van der Waals surface area contributed by atoms with E-state index in [4.69, 9.17) is 5.11 Å². The maximum atomic E-state index is 8.99. The molecule has 0 fully saturated rings. The number of β-amino-alcohol motifs (C(OH)–C–C–N with tert-alkyl or cyclic N) is 1. The van der Waals surface area contributed by atoms with Gasteiger partial charge in [0.1, 0.15) is 6.17 Å². The number of aliphatic hydroxyl groups excluding tert-OH is 1. The molecule has 0 saturated heterocycles. The van der Waals surface area contributed by atoms with E-state index in [1.54, 1.807) is 0 Å². The summed E-state index contributed by atoms with van der Waals surface area (Å²) in [6.45, 7) is 4.10. The average Bonchev–Trinajstić information content (AvgIpc) is 2.89. The number of allylic oxidation sites excluding steroid dienone is 2. The summed E-state index contributed by atoms with van der Waals surface area (Å²) >= 11 is 0. The van der Waals surface area contributed by atoms with E-state index in [0.717, 1.165) is 25.9 Å². The van der Waals surface area contributed by atoms with Crippen LogP contribution in [0.15, 0.2) is 17.1 Å². The molecule has 1 rings (SSSR count). The smallest absolute Gasteiger partial charge is 0.102 e. The molecule has 0 bridgehead atoms. The first-order valence-corrected chi connectivity index (χ1v) is 8.40. The van der Waals surface area contributed by atoms with Gasteiger partial charge in [-0.15, -0.1) is 0 Å². The standard InChI is InChI=1S/C17H32N2O/c1-2-3-4-5-6-7-8-9-10-11-12-17-18-13-14-19(17)15-16-20/h3-4,13,17,20H,2,5-12,14-16H2,1H3/b4-3+.